The van der Waals surface area contributed by atoms with Crippen LogP contribution in [-0.2, 0) is 9.53 Å². The largest absolute Gasteiger partial charge is 0.444 e. The molecule has 0 radical (unpaired) electrons. The highest BCUT2D eigenvalue weighted by molar-refractivity contribution is 5.87. The quantitative estimate of drug-likeness (QED) is 0.720. The van der Waals surface area contributed by atoms with Gasteiger partial charge in [0, 0.05) is 44.6 Å². The van der Waals surface area contributed by atoms with Crippen LogP contribution >= 0.6 is 0 Å². The van der Waals surface area contributed by atoms with Crippen molar-refractivity contribution in [1.29, 1.82) is 0 Å². The fourth-order valence-corrected chi connectivity index (χ4v) is 2.92. The van der Waals surface area contributed by atoms with E-state index >= 15 is 0 Å². The molecule has 112 valence electrons. The number of ether oxygens (including phenoxy) is 1. The van der Waals surface area contributed by atoms with Gasteiger partial charge >= 0.3 is 6.09 Å². The molecule has 0 saturated carbocycles. The van der Waals surface area contributed by atoms with Crippen LogP contribution in [0, 0.1) is 11.8 Å². The molecule has 0 aromatic carbocycles. The average molecular weight is 280 g/mol. The first kappa shape index (κ1) is 15.0. The topological polar surface area (TPSA) is 49.9 Å². The zero-order chi connectivity index (χ0) is 14.9. The molecule has 0 aromatic heterocycles. The highest BCUT2D eigenvalue weighted by atomic mass is 16.6. The maximum atomic E-state index is 12.2. The third-order valence-electron chi connectivity index (χ3n) is 3.68. The molecule has 0 aromatic rings. The molecule has 20 heavy (non-hydrogen) atoms. The number of Topliss-reactive ketones (excluding diaryl/α,β-unsaturated/α-hetero) is 1. The highest BCUT2D eigenvalue weighted by Crippen LogP contribution is 2.26. The predicted molar refractivity (Wildman–Crippen MR) is 76.4 cm³/mol. The molecule has 2 aliphatic rings. The van der Waals surface area contributed by atoms with Gasteiger partial charge in [-0.25, -0.2) is 4.79 Å². The van der Waals surface area contributed by atoms with Crippen LogP contribution in [0.5, 0.6) is 0 Å². The Balaban J connectivity index is 2.01. The average Bonchev–Trinajstić information content (AvgIpc) is 2.28. The van der Waals surface area contributed by atoms with Crippen LogP contribution in [0.4, 0.5) is 4.79 Å². The summed E-state index contributed by atoms with van der Waals surface area (Å²) < 4.78 is 5.40. The SMILES string of the molecule is C=CCN1C[C@@H]2CN(C(=O)OC(C)(C)C)C[C@H](C1)C2=O. The second-order valence-electron chi connectivity index (χ2n) is 6.69. The van der Waals surface area contributed by atoms with Crippen molar-refractivity contribution in [3.05, 3.63) is 12.7 Å². The monoisotopic (exact) mass is 280 g/mol. The van der Waals surface area contributed by atoms with Crippen LogP contribution in [0.25, 0.3) is 0 Å². The molecule has 0 N–H and O–H groups in total. The number of carbonyl (C=O) groups is 2. The third-order valence-corrected chi connectivity index (χ3v) is 3.68. The Morgan fingerprint density at radius 2 is 1.85 bits per heavy atom. The lowest BCUT2D eigenvalue weighted by molar-refractivity contribution is -0.136. The molecule has 1 amide bonds. The van der Waals surface area contributed by atoms with E-state index in [1.54, 1.807) is 4.90 Å². The van der Waals surface area contributed by atoms with E-state index in [1.807, 2.05) is 26.8 Å². The fraction of sp³-hybridized carbons (Fsp3) is 0.733. The van der Waals surface area contributed by atoms with Crippen molar-refractivity contribution in [2.45, 2.75) is 26.4 Å². The van der Waals surface area contributed by atoms with Crippen molar-refractivity contribution in [3.8, 4) is 0 Å². The molecule has 2 atom stereocenters. The van der Waals surface area contributed by atoms with Gasteiger partial charge in [-0.1, -0.05) is 6.08 Å². The first-order valence-electron chi connectivity index (χ1n) is 7.15. The summed E-state index contributed by atoms with van der Waals surface area (Å²) in [7, 11) is 0. The predicted octanol–water partition coefficient (Wildman–Crippen LogP) is 1.54. The van der Waals surface area contributed by atoms with Crippen LogP contribution in [0.2, 0.25) is 0 Å². The molecular formula is C15H24N2O3. The molecule has 2 heterocycles. The molecule has 2 fully saturated rings. The molecule has 0 aliphatic carbocycles. The fourth-order valence-electron chi connectivity index (χ4n) is 2.92. The standard InChI is InChI=1S/C15H24N2O3/c1-5-6-16-7-11-9-17(10-12(8-16)13(11)18)14(19)20-15(2,3)4/h5,11-12H,1,6-10H2,2-4H3/t11-,12+. The van der Waals surface area contributed by atoms with Gasteiger partial charge in [-0.2, -0.15) is 0 Å². The van der Waals surface area contributed by atoms with E-state index in [9.17, 15) is 9.59 Å². The van der Waals surface area contributed by atoms with E-state index in [0.717, 1.165) is 6.54 Å². The summed E-state index contributed by atoms with van der Waals surface area (Å²) in [5, 5.41) is 0. The summed E-state index contributed by atoms with van der Waals surface area (Å²) in [6.07, 6.45) is 1.55. The highest BCUT2D eigenvalue weighted by Gasteiger charge is 2.42. The minimum atomic E-state index is -0.497. The lowest BCUT2D eigenvalue weighted by atomic mass is 9.83. The van der Waals surface area contributed by atoms with Gasteiger partial charge in [-0.05, 0) is 20.8 Å². The Hall–Kier alpha value is -1.36. The van der Waals surface area contributed by atoms with Gasteiger partial charge in [0.15, 0.2) is 0 Å². The number of ketones is 1. The molecule has 2 rings (SSSR count). The van der Waals surface area contributed by atoms with Gasteiger partial charge in [0.1, 0.15) is 11.4 Å². The Labute approximate surface area is 120 Å². The number of hydrogen-bond acceptors (Lipinski definition) is 4. The third kappa shape index (κ3) is 3.39. The zero-order valence-electron chi connectivity index (χ0n) is 12.6. The van der Waals surface area contributed by atoms with Crippen LogP contribution in [-0.4, -0.2) is 60.0 Å². The Morgan fingerprint density at radius 1 is 1.30 bits per heavy atom. The summed E-state index contributed by atoms with van der Waals surface area (Å²) in [5.41, 5.74) is -0.497. The summed E-state index contributed by atoms with van der Waals surface area (Å²) in [6.45, 7) is 12.5. The molecule has 0 unspecified atom stereocenters. The molecule has 2 aliphatic heterocycles. The number of rotatable bonds is 2. The number of carbonyl (C=O) groups excluding carboxylic acids is 2. The number of likely N-dealkylation sites (tertiary alicyclic amines) is 2. The normalized spacial score (nSPS) is 27.4. The zero-order valence-corrected chi connectivity index (χ0v) is 12.6. The lowest BCUT2D eigenvalue weighted by Crippen LogP contribution is -2.59. The first-order valence-corrected chi connectivity index (χ1v) is 7.15. The summed E-state index contributed by atoms with van der Waals surface area (Å²) >= 11 is 0. The van der Waals surface area contributed by atoms with E-state index < -0.39 is 5.60 Å². The van der Waals surface area contributed by atoms with E-state index in [1.165, 1.54) is 0 Å². The van der Waals surface area contributed by atoms with Crippen LogP contribution in [0.15, 0.2) is 12.7 Å². The van der Waals surface area contributed by atoms with Gasteiger partial charge in [-0.3, -0.25) is 9.69 Å². The van der Waals surface area contributed by atoms with Gasteiger partial charge < -0.3 is 9.64 Å². The van der Waals surface area contributed by atoms with Crippen LogP contribution in [0.3, 0.4) is 0 Å². The minimum absolute atomic E-state index is 0.0880. The summed E-state index contributed by atoms with van der Waals surface area (Å²) in [4.78, 5) is 28.2. The number of fused-ring (bicyclic) bond motifs is 2. The molecule has 2 saturated heterocycles. The van der Waals surface area contributed by atoms with E-state index in [-0.39, 0.29) is 17.9 Å². The van der Waals surface area contributed by atoms with Crippen molar-refractivity contribution in [1.82, 2.24) is 9.80 Å². The van der Waals surface area contributed by atoms with E-state index in [4.69, 9.17) is 4.74 Å². The maximum Gasteiger partial charge on any atom is 0.410 e. The number of nitrogens with zero attached hydrogens (tertiary/aromatic N) is 2. The van der Waals surface area contributed by atoms with Crippen molar-refractivity contribution >= 4 is 11.9 Å². The summed E-state index contributed by atoms with van der Waals surface area (Å²) in [5.74, 6) is 0.120. The van der Waals surface area contributed by atoms with Crippen molar-refractivity contribution < 1.29 is 14.3 Å². The smallest absolute Gasteiger partial charge is 0.410 e. The molecular weight excluding hydrogens is 256 g/mol. The van der Waals surface area contributed by atoms with E-state index in [0.29, 0.717) is 32.0 Å². The molecule has 2 bridgehead atoms. The van der Waals surface area contributed by atoms with Crippen molar-refractivity contribution in [2.24, 2.45) is 11.8 Å². The maximum absolute atomic E-state index is 12.2. The Bertz CT molecular complexity index is 396. The second-order valence-corrected chi connectivity index (χ2v) is 6.69. The summed E-state index contributed by atoms with van der Waals surface area (Å²) in [6, 6.07) is 0. The minimum Gasteiger partial charge on any atom is -0.444 e. The molecule has 5 nitrogen and oxygen atoms in total. The first-order chi connectivity index (χ1) is 9.30. The van der Waals surface area contributed by atoms with Crippen LogP contribution in [0.1, 0.15) is 20.8 Å². The number of hydrogen-bond donors (Lipinski definition) is 0. The van der Waals surface area contributed by atoms with Gasteiger partial charge in [-0.15, -0.1) is 6.58 Å². The molecule has 5 heteroatoms. The van der Waals surface area contributed by atoms with E-state index in [2.05, 4.69) is 11.5 Å². The van der Waals surface area contributed by atoms with Gasteiger partial charge in [0.2, 0.25) is 0 Å². The Morgan fingerprint density at radius 3 is 2.30 bits per heavy atom. The number of piperidine rings is 2. The van der Waals surface area contributed by atoms with Gasteiger partial charge in [0.25, 0.3) is 0 Å². The number of amides is 1. The molecule has 0 spiro atoms. The Kier molecular flexibility index (Phi) is 4.18. The second kappa shape index (κ2) is 5.56. The lowest BCUT2D eigenvalue weighted by Gasteiger charge is -2.44. The van der Waals surface area contributed by atoms with Crippen molar-refractivity contribution in [3.63, 3.8) is 0 Å². The van der Waals surface area contributed by atoms with Gasteiger partial charge in [0.05, 0.1) is 0 Å². The van der Waals surface area contributed by atoms with Crippen molar-refractivity contribution in [2.75, 3.05) is 32.7 Å². The van der Waals surface area contributed by atoms with Crippen LogP contribution < -0.4 is 0 Å².